The van der Waals surface area contributed by atoms with Gasteiger partial charge in [0.25, 0.3) is 0 Å². The molecule has 162 valence electrons. The summed E-state index contributed by atoms with van der Waals surface area (Å²) in [5, 5.41) is 0. The van der Waals surface area contributed by atoms with E-state index < -0.39 is 12.1 Å². The van der Waals surface area contributed by atoms with Gasteiger partial charge < -0.3 is 14.2 Å². The molecule has 1 aromatic carbocycles. The molecule has 9 nitrogen and oxygen atoms in total. The number of imidazole rings is 1. The van der Waals surface area contributed by atoms with Gasteiger partial charge in [-0.1, -0.05) is 12.1 Å². The Balaban J connectivity index is 0.00000256. The largest absolute Gasteiger partial charge is 0.461 e. The smallest absolute Gasteiger partial charge is 0.414 e. The van der Waals surface area contributed by atoms with Gasteiger partial charge in [-0.15, -0.1) is 12.4 Å². The first-order chi connectivity index (χ1) is 14.2. The van der Waals surface area contributed by atoms with Gasteiger partial charge in [0.2, 0.25) is 0 Å². The molecule has 1 amide bonds. The summed E-state index contributed by atoms with van der Waals surface area (Å²) in [6.45, 7) is 6.32. The van der Waals surface area contributed by atoms with E-state index >= 15 is 0 Å². The first-order valence-electron chi connectivity index (χ1n) is 9.76. The molecule has 3 heterocycles. The van der Waals surface area contributed by atoms with E-state index in [2.05, 4.69) is 9.88 Å². The molecular formula is C20H25ClN4O5. The maximum atomic E-state index is 12.8. The third-order valence-corrected chi connectivity index (χ3v) is 4.95. The molecular weight excluding hydrogens is 412 g/mol. The number of ether oxygens (including phenoxy) is 3. The number of fused-ring (bicyclic) bond motifs is 3. The molecule has 30 heavy (non-hydrogen) atoms. The van der Waals surface area contributed by atoms with Gasteiger partial charge in [-0.3, -0.25) is 14.4 Å². The van der Waals surface area contributed by atoms with E-state index in [1.54, 1.807) is 18.0 Å². The summed E-state index contributed by atoms with van der Waals surface area (Å²) in [4.78, 5) is 33.0. The summed E-state index contributed by atoms with van der Waals surface area (Å²) < 4.78 is 17.7. The van der Waals surface area contributed by atoms with E-state index in [-0.39, 0.29) is 31.3 Å². The third-order valence-electron chi connectivity index (χ3n) is 4.95. The molecule has 0 saturated carbocycles. The molecule has 1 fully saturated rings. The molecule has 2 aliphatic rings. The fraction of sp³-hybridized carbons (Fsp3) is 0.450. The van der Waals surface area contributed by atoms with Crippen molar-refractivity contribution in [3.05, 3.63) is 42.0 Å². The first kappa shape index (κ1) is 22.1. The summed E-state index contributed by atoms with van der Waals surface area (Å²) in [5.41, 5.74) is 1.70. The van der Waals surface area contributed by atoms with Crippen molar-refractivity contribution in [3.63, 3.8) is 0 Å². The lowest BCUT2D eigenvalue weighted by Gasteiger charge is -2.30. The summed E-state index contributed by atoms with van der Waals surface area (Å²) in [7, 11) is 0. The highest BCUT2D eigenvalue weighted by Crippen LogP contribution is 2.32. The molecule has 0 spiro atoms. The van der Waals surface area contributed by atoms with Crippen molar-refractivity contribution in [2.75, 3.05) is 51.0 Å². The Kier molecular flexibility index (Phi) is 7.30. The lowest BCUT2D eigenvalue weighted by atomic mass is 10.2. The Labute approximate surface area is 180 Å². The van der Waals surface area contributed by atoms with Crippen LogP contribution in [0, 0.1) is 0 Å². The summed E-state index contributed by atoms with van der Waals surface area (Å²) >= 11 is 0. The van der Waals surface area contributed by atoms with Gasteiger partial charge in [0, 0.05) is 25.8 Å². The van der Waals surface area contributed by atoms with Crippen LogP contribution >= 0.6 is 12.4 Å². The van der Waals surface area contributed by atoms with Crippen LogP contribution in [0.3, 0.4) is 0 Å². The molecule has 0 aliphatic carbocycles. The number of morpholine rings is 1. The number of amides is 1. The second-order valence-corrected chi connectivity index (χ2v) is 6.78. The Bertz CT molecular complexity index is 897. The number of aromatic nitrogens is 2. The monoisotopic (exact) mass is 436 g/mol. The highest BCUT2D eigenvalue weighted by molar-refractivity contribution is 5.92. The van der Waals surface area contributed by atoms with Gasteiger partial charge >= 0.3 is 12.1 Å². The van der Waals surface area contributed by atoms with E-state index in [0.717, 1.165) is 18.8 Å². The number of anilines is 1. The lowest BCUT2D eigenvalue weighted by molar-refractivity contribution is 0.0285. The Morgan fingerprint density at radius 3 is 2.60 bits per heavy atom. The molecule has 2 aliphatic heterocycles. The zero-order valence-electron chi connectivity index (χ0n) is 16.8. The second-order valence-electron chi connectivity index (χ2n) is 6.78. The average Bonchev–Trinajstić information content (AvgIpc) is 3.19. The normalized spacial score (nSPS) is 15.6. The highest BCUT2D eigenvalue weighted by Gasteiger charge is 2.30. The van der Waals surface area contributed by atoms with Crippen LogP contribution in [-0.4, -0.2) is 72.6 Å². The maximum absolute atomic E-state index is 12.8. The van der Waals surface area contributed by atoms with Crippen LogP contribution in [0.25, 0.3) is 5.69 Å². The topological polar surface area (TPSA) is 86.1 Å². The van der Waals surface area contributed by atoms with E-state index in [4.69, 9.17) is 14.2 Å². The molecule has 0 unspecified atom stereocenters. The second kappa shape index (κ2) is 9.92. The summed E-state index contributed by atoms with van der Waals surface area (Å²) in [6, 6.07) is 7.47. The van der Waals surface area contributed by atoms with Crippen LogP contribution < -0.4 is 4.90 Å². The average molecular weight is 437 g/mol. The first-order valence-corrected chi connectivity index (χ1v) is 9.76. The van der Waals surface area contributed by atoms with E-state index in [0.29, 0.717) is 37.9 Å². The van der Waals surface area contributed by atoms with Crippen LogP contribution in [0.15, 0.2) is 30.5 Å². The number of nitrogens with zero attached hydrogens (tertiary/aromatic N) is 4. The molecule has 0 N–H and O–H groups in total. The number of esters is 1. The number of benzene rings is 1. The van der Waals surface area contributed by atoms with Crippen molar-refractivity contribution in [1.82, 2.24) is 14.5 Å². The van der Waals surface area contributed by atoms with E-state index in [1.807, 2.05) is 28.8 Å². The lowest BCUT2D eigenvalue weighted by Crippen LogP contribution is -2.40. The molecule has 2 aromatic rings. The minimum absolute atomic E-state index is 0. The quantitative estimate of drug-likeness (QED) is 0.664. The van der Waals surface area contributed by atoms with Gasteiger partial charge in [0.1, 0.15) is 12.4 Å². The molecule has 0 radical (unpaired) electrons. The van der Waals surface area contributed by atoms with Gasteiger partial charge in [0.15, 0.2) is 5.69 Å². The molecule has 1 aromatic heterocycles. The molecule has 0 atom stereocenters. The molecule has 10 heteroatoms. The number of rotatable bonds is 5. The fourth-order valence-corrected chi connectivity index (χ4v) is 3.49. The standard InChI is InChI=1S/C20H24N4O5.ClH/c1-2-28-19(25)15-13-23-16-5-3-4-6-17(16)24(14-18(23)21-15)20(26)29-12-9-22-7-10-27-11-8-22;/h3-6,13H,2,7-12,14H2,1H3;1H. The zero-order chi connectivity index (χ0) is 20.2. The highest BCUT2D eigenvalue weighted by atomic mass is 35.5. The van der Waals surface area contributed by atoms with Crippen LogP contribution in [0.5, 0.6) is 0 Å². The van der Waals surface area contributed by atoms with Crippen molar-refractivity contribution in [2.45, 2.75) is 13.5 Å². The van der Waals surface area contributed by atoms with Gasteiger partial charge in [0.05, 0.1) is 37.7 Å². The number of para-hydroxylation sites is 2. The molecule has 0 bridgehead atoms. The number of carbonyl (C=O) groups excluding carboxylic acids is 2. The van der Waals surface area contributed by atoms with Crippen LogP contribution in [0.4, 0.5) is 10.5 Å². The third kappa shape index (κ3) is 4.58. The zero-order valence-corrected chi connectivity index (χ0v) is 17.6. The Hall–Kier alpha value is -2.62. The fourth-order valence-electron chi connectivity index (χ4n) is 3.49. The van der Waals surface area contributed by atoms with Gasteiger partial charge in [-0.2, -0.15) is 0 Å². The maximum Gasteiger partial charge on any atom is 0.414 e. The van der Waals surface area contributed by atoms with E-state index in [9.17, 15) is 9.59 Å². The Morgan fingerprint density at radius 1 is 1.13 bits per heavy atom. The number of halogens is 1. The SMILES string of the molecule is CCOC(=O)c1cn2c(n1)CN(C(=O)OCCN1CCOCC1)c1ccccc1-2.Cl. The minimum Gasteiger partial charge on any atom is -0.461 e. The van der Waals surface area contributed by atoms with Gasteiger partial charge in [-0.25, -0.2) is 14.6 Å². The Morgan fingerprint density at radius 2 is 1.87 bits per heavy atom. The summed E-state index contributed by atoms with van der Waals surface area (Å²) in [6.07, 6.45) is 1.21. The van der Waals surface area contributed by atoms with Crippen LogP contribution in [-0.2, 0) is 20.8 Å². The van der Waals surface area contributed by atoms with Crippen molar-refractivity contribution >= 4 is 30.2 Å². The van der Waals surface area contributed by atoms with Crippen molar-refractivity contribution < 1.29 is 23.8 Å². The predicted molar refractivity (Wildman–Crippen MR) is 112 cm³/mol. The van der Waals surface area contributed by atoms with Crippen molar-refractivity contribution in [1.29, 1.82) is 0 Å². The van der Waals surface area contributed by atoms with E-state index in [1.165, 1.54) is 0 Å². The summed E-state index contributed by atoms with van der Waals surface area (Å²) in [5.74, 6) is 0.100. The van der Waals surface area contributed by atoms with Crippen molar-refractivity contribution in [3.8, 4) is 5.69 Å². The molecule has 1 saturated heterocycles. The van der Waals surface area contributed by atoms with Crippen LogP contribution in [0.2, 0.25) is 0 Å². The predicted octanol–water partition coefficient (Wildman–Crippen LogP) is 2.26. The number of hydrogen-bond acceptors (Lipinski definition) is 7. The molecule has 4 rings (SSSR count). The van der Waals surface area contributed by atoms with Gasteiger partial charge in [-0.05, 0) is 19.1 Å². The van der Waals surface area contributed by atoms with Crippen LogP contribution in [0.1, 0.15) is 23.2 Å². The minimum atomic E-state index is -0.480. The van der Waals surface area contributed by atoms with Crippen molar-refractivity contribution in [2.24, 2.45) is 0 Å². The number of hydrogen-bond donors (Lipinski definition) is 0. The number of carbonyl (C=O) groups is 2.